The molecule has 0 aromatic rings. The van der Waals surface area contributed by atoms with Crippen molar-refractivity contribution in [2.45, 2.75) is 6.42 Å². The molecule has 0 saturated heterocycles. The minimum atomic E-state index is -0.301. The summed E-state index contributed by atoms with van der Waals surface area (Å²) in [5, 5.41) is 0. The van der Waals surface area contributed by atoms with Gasteiger partial charge in [-0.1, -0.05) is 12.7 Å². The van der Waals surface area contributed by atoms with Crippen molar-refractivity contribution in [3.63, 3.8) is 0 Å². The molecular weight excluding hydrogens is 128 g/mol. The van der Waals surface area contributed by atoms with Crippen LogP contribution >= 0.6 is 0 Å². The van der Waals surface area contributed by atoms with E-state index in [1.807, 2.05) is 0 Å². The lowest BCUT2D eigenvalue weighted by molar-refractivity contribution is -0.133. The number of hydrogen-bond donors (Lipinski definition) is 0. The summed E-state index contributed by atoms with van der Waals surface area (Å²) in [7, 11) is 0. The zero-order valence-electron chi connectivity index (χ0n) is 5.59. The van der Waals surface area contributed by atoms with Gasteiger partial charge in [-0.15, -0.1) is 6.58 Å². The molecule has 1 aliphatic heterocycles. The first kappa shape index (κ1) is 6.81. The summed E-state index contributed by atoms with van der Waals surface area (Å²) in [4.78, 5) is 10.8. The van der Waals surface area contributed by atoms with E-state index in [1.54, 1.807) is 12.2 Å². The second kappa shape index (κ2) is 2.52. The summed E-state index contributed by atoms with van der Waals surface area (Å²) in [6.45, 7) is 6.99. The van der Waals surface area contributed by atoms with Crippen molar-refractivity contribution in [2.24, 2.45) is 0 Å². The van der Waals surface area contributed by atoms with Crippen LogP contribution in [0.3, 0.4) is 0 Å². The Hall–Kier alpha value is -1.31. The van der Waals surface area contributed by atoms with Gasteiger partial charge in [0.1, 0.15) is 5.76 Å². The fourth-order valence-electron chi connectivity index (χ4n) is 0.765. The number of cyclic esters (lactones) is 1. The molecule has 2 nitrogen and oxygen atoms in total. The number of rotatable bonds is 2. The Labute approximate surface area is 59.5 Å². The van der Waals surface area contributed by atoms with Crippen molar-refractivity contribution in [3.05, 3.63) is 36.6 Å². The van der Waals surface area contributed by atoms with Gasteiger partial charge in [0.15, 0.2) is 0 Å². The van der Waals surface area contributed by atoms with Gasteiger partial charge in [-0.2, -0.15) is 0 Å². The third-order valence-electron chi connectivity index (χ3n) is 1.19. The van der Waals surface area contributed by atoms with Crippen LogP contribution in [0.4, 0.5) is 0 Å². The zero-order valence-corrected chi connectivity index (χ0v) is 5.59. The molecule has 0 unspecified atom stereocenters. The zero-order chi connectivity index (χ0) is 7.56. The Morgan fingerprint density at radius 2 is 2.40 bits per heavy atom. The fraction of sp³-hybridized carbons (Fsp3) is 0.125. The Bertz CT molecular complexity index is 223. The molecule has 1 rings (SSSR count). The van der Waals surface area contributed by atoms with Crippen molar-refractivity contribution < 1.29 is 9.53 Å². The number of hydrogen-bond acceptors (Lipinski definition) is 2. The number of esters is 1. The maximum Gasteiger partial charge on any atom is 0.339 e. The molecule has 0 N–H and O–H groups in total. The Morgan fingerprint density at radius 1 is 1.70 bits per heavy atom. The van der Waals surface area contributed by atoms with E-state index in [0.717, 1.165) is 0 Å². The van der Waals surface area contributed by atoms with E-state index >= 15 is 0 Å². The largest absolute Gasteiger partial charge is 0.424 e. The maximum atomic E-state index is 10.8. The van der Waals surface area contributed by atoms with Crippen molar-refractivity contribution >= 4 is 5.97 Å². The monoisotopic (exact) mass is 136 g/mol. The van der Waals surface area contributed by atoms with Gasteiger partial charge in [-0.05, 0) is 12.5 Å². The van der Waals surface area contributed by atoms with E-state index in [-0.39, 0.29) is 5.97 Å². The van der Waals surface area contributed by atoms with E-state index in [2.05, 4.69) is 17.9 Å². The molecule has 10 heavy (non-hydrogen) atoms. The maximum absolute atomic E-state index is 10.8. The summed E-state index contributed by atoms with van der Waals surface area (Å²) in [5.41, 5.74) is 0.625. The highest BCUT2D eigenvalue weighted by atomic mass is 16.5. The number of allylic oxidation sites excluding steroid dienone is 2. The van der Waals surface area contributed by atoms with Crippen LogP contribution in [0.15, 0.2) is 36.6 Å². The third kappa shape index (κ3) is 1.16. The van der Waals surface area contributed by atoms with Gasteiger partial charge in [0.2, 0.25) is 0 Å². The van der Waals surface area contributed by atoms with Crippen LogP contribution in [-0.2, 0) is 9.53 Å². The minimum absolute atomic E-state index is 0.301. The average molecular weight is 136 g/mol. The van der Waals surface area contributed by atoms with Gasteiger partial charge in [0, 0.05) is 5.57 Å². The molecule has 2 heteroatoms. The smallest absolute Gasteiger partial charge is 0.339 e. The van der Waals surface area contributed by atoms with Crippen molar-refractivity contribution in [3.8, 4) is 0 Å². The minimum Gasteiger partial charge on any atom is -0.424 e. The first-order valence-corrected chi connectivity index (χ1v) is 2.96. The lowest BCUT2D eigenvalue weighted by Gasteiger charge is -1.91. The lowest BCUT2D eigenvalue weighted by atomic mass is 10.2. The highest BCUT2D eigenvalue weighted by molar-refractivity contribution is 5.92. The lowest BCUT2D eigenvalue weighted by Crippen LogP contribution is -1.96. The Balaban J connectivity index is 2.74. The topological polar surface area (TPSA) is 26.3 Å². The van der Waals surface area contributed by atoms with Crippen LogP contribution in [0.25, 0.3) is 0 Å². The molecule has 1 aliphatic rings. The second-order valence-corrected chi connectivity index (χ2v) is 2.02. The molecule has 0 fully saturated rings. The average Bonchev–Trinajstić information content (AvgIpc) is 2.13. The molecule has 0 aromatic heterocycles. The van der Waals surface area contributed by atoms with Gasteiger partial charge in [0.25, 0.3) is 0 Å². The number of ether oxygens (including phenoxy) is 1. The van der Waals surface area contributed by atoms with E-state index in [4.69, 9.17) is 0 Å². The Morgan fingerprint density at radius 3 is 2.80 bits per heavy atom. The quantitative estimate of drug-likeness (QED) is 0.425. The summed E-state index contributed by atoms with van der Waals surface area (Å²) in [6, 6.07) is 0. The highest BCUT2D eigenvalue weighted by Crippen LogP contribution is 2.17. The summed E-state index contributed by atoms with van der Waals surface area (Å²) in [6.07, 6.45) is 3.84. The van der Waals surface area contributed by atoms with Gasteiger partial charge in [-0.25, -0.2) is 4.79 Å². The number of carbonyl (C=O) groups excluding carboxylic acids is 1. The summed E-state index contributed by atoms with van der Waals surface area (Å²) in [5.74, 6) is 0.117. The molecule has 0 aromatic carbocycles. The molecule has 0 amide bonds. The van der Waals surface area contributed by atoms with E-state index in [1.165, 1.54) is 0 Å². The Kier molecular flexibility index (Phi) is 1.71. The summed E-state index contributed by atoms with van der Waals surface area (Å²) >= 11 is 0. The predicted molar refractivity (Wildman–Crippen MR) is 38.1 cm³/mol. The van der Waals surface area contributed by atoms with Crippen LogP contribution in [0, 0.1) is 0 Å². The van der Waals surface area contributed by atoms with Gasteiger partial charge in [0.05, 0.1) is 0 Å². The molecule has 52 valence electrons. The molecule has 0 bridgehead atoms. The fourth-order valence-corrected chi connectivity index (χ4v) is 0.765. The third-order valence-corrected chi connectivity index (χ3v) is 1.19. The van der Waals surface area contributed by atoms with E-state index in [9.17, 15) is 4.79 Å². The molecule has 0 spiro atoms. The van der Waals surface area contributed by atoms with Crippen molar-refractivity contribution in [2.75, 3.05) is 0 Å². The second-order valence-electron chi connectivity index (χ2n) is 2.02. The van der Waals surface area contributed by atoms with Crippen molar-refractivity contribution in [1.82, 2.24) is 0 Å². The van der Waals surface area contributed by atoms with Crippen LogP contribution < -0.4 is 0 Å². The normalized spacial score (nSPS) is 16.6. The first-order valence-electron chi connectivity index (χ1n) is 2.96. The van der Waals surface area contributed by atoms with E-state index < -0.39 is 0 Å². The van der Waals surface area contributed by atoms with Gasteiger partial charge in [-0.3, -0.25) is 0 Å². The molecule has 1 heterocycles. The first-order chi connectivity index (χ1) is 4.74. The molecule has 0 aliphatic carbocycles. The van der Waals surface area contributed by atoms with Gasteiger partial charge >= 0.3 is 5.97 Å². The van der Waals surface area contributed by atoms with Crippen LogP contribution in [0.2, 0.25) is 0 Å². The standard InChI is InChI=1S/C8H8O2/c1-3-4-7-5-6(2)10-8(7)9/h3,5H,1-2,4H2. The van der Waals surface area contributed by atoms with Crippen molar-refractivity contribution in [1.29, 1.82) is 0 Å². The predicted octanol–water partition coefficient (Wildman–Crippen LogP) is 1.56. The SMILES string of the molecule is C=CCC1=CC(=C)OC1=O. The molecule has 0 radical (unpaired) electrons. The van der Waals surface area contributed by atoms with Crippen LogP contribution in [0.1, 0.15) is 6.42 Å². The van der Waals surface area contributed by atoms with Gasteiger partial charge < -0.3 is 4.74 Å². The molecular formula is C8H8O2. The molecule has 0 atom stereocenters. The van der Waals surface area contributed by atoms with E-state index in [0.29, 0.717) is 17.8 Å². The highest BCUT2D eigenvalue weighted by Gasteiger charge is 2.17. The summed E-state index contributed by atoms with van der Waals surface area (Å²) < 4.78 is 4.65. The number of carbonyl (C=O) groups is 1. The molecule has 0 saturated carbocycles. The van der Waals surface area contributed by atoms with Crippen LogP contribution in [0.5, 0.6) is 0 Å². The van der Waals surface area contributed by atoms with Crippen LogP contribution in [-0.4, -0.2) is 5.97 Å².